The Balaban J connectivity index is 2.29. The highest BCUT2D eigenvalue weighted by Gasteiger charge is 2.24. The highest BCUT2D eigenvalue weighted by atomic mass is 19.1. The summed E-state index contributed by atoms with van der Waals surface area (Å²) in [7, 11) is 1.49. The number of nitro benzene ring substituents is 1. The molecule has 0 fully saturated rings. The summed E-state index contributed by atoms with van der Waals surface area (Å²) in [5, 5.41) is 10.9. The number of benzene rings is 1. The van der Waals surface area contributed by atoms with Crippen LogP contribution in [0.3, 0.4) is 0 Å². The Kier molecular flexibility index (Phi) is 4.02. The van der Waals surface area contributed by atoms with Crippen molar-refractivity contribution < 1.29 is 18.5 Å². The second-order valence-electron chi connectivity index (χ2n) is 4.58. The predicted molar refractivity (Wildman–Crippen MR) is 72.3 cm³/mol. The quantitative estimate of drug-likeness (QED) is 0.641. The summed E-state index contributed by atoms with van der Waals surface area (Å²) in [6.07, 6.45) is 1.49. The molecule has 0 saturated carbocycles. The summed E-state index contributed by atoms with van der Waals surface area (Å²) in [6, 6.07) is 4.52. The molecule has 0 spiro atoms. The fourth-order valence-corrected chi connectivity index (χ4v) is 1.95. The van der Waals surface area contributed by atoms with Crippen LogP contribution in [0.1, 0.15) is 21.7 Å². The van der Waals surface area contributed by atoms with E-state index in [-0.39, 0.29) is 12.1 Å². The number of carbonyl (C=O) groups excluding carboxylic acids is 1. The summed E-state index contributed by atoms with van der Waals surface area (Å²) < 4.78 is 18.4. The molecule has 21 heavy (non-hydrogen) atoms. The minimum absolute atomic E-state index is 0.217. The Bertz CT molecular complexity index is 696. The molecule has 1 heterocycles. The lowest BCUT2D eigenvalue weighted by atomic mass is 10.1. The molecular formula is C14H13FN2O4. The zero-order chi connectivity index (χ0) is 15.6. The maximum absolute atomic E-state index is 13.3. The highest BCUT2D eigenvalue weighted by molar-refractivity contribution is 5.98. The van der Waals surface area contributed by atoms with Gasteiger partial charge in [0.25, 0.3) is 11.6 Å². The molecule has 2 aromatic rings. The molecule has 0 aliphatic rings. The summed E-state index contributed by atoms with van der Waals surface area (Å²) >= 11 is 0. The van der Waals surface area contributed by atoms with Gasteiger partial charge in [-0.2, -0.15) is 0 Å². The second kappa shape index (κ2) is 5.74. The van der Waals surface area contributed by atoms with Crippen molar-refractivity contribution in [3.63, 3.8) is 0 Å². The first-order valence-corrected chi connectivity index (χ1v) is 6.12. The van der Waals surface area contributed by atoms with Crippen LogP contribution in [0.5, 0.6) is 0 Å². The Morgan fingerprint density at radius 2 is 2.14 bits per heavy atom. The molecular weight excluding hydrogens is 279 g/mol. The number of carbonyl (C=O) groups is 1. The first-order valence-electron chi connectivity index (χ1n) is 6.12. The van der Waals surface area contributed by atoms with Crippen LogP contribution in [0.15, 0.2) is 34.9 Å². The standard InChI is InChI=1S/C14H13FN2O4/c1-9-10(5-6-21-9)8-16(2)14(18)12-7-11(15)3-4-13(12)17(19)20/h3-7H,8H2,1-2H3. The summed E-state index contributed by atoms with van der Waals surface area (Å²) in [5.41, 5.74) is 0.0886. The number of nitro groups is 1. The van der Waals surface area contributed by atoms with Gasteiger partial charge in [-0.1, -0.05) is 0 Å². The van der Waals surface area contributed by atoms with E-state index in [1.165, 1.54) is 18.2 Å². The topological polar surface area (TPSA) is 76.6 Å². The van der Waals surface area contributed by atoms with Crippen molar-refractivity contribution >= 4 is 11.6 Å². The second-order valence-corrected chi connectivity index (χ2v) is 4.58. The monoisotopic (exact) mass is 292 g/mol. The molecule has 7 heteroatoms. The lowest BCUT2D eigenvalue weighted by molar-refractivity contribution is -0.385. The third kappa shape index (κ3) is 3.07. The van der Waals surface area contributed by atoms with Crippen LogP contribution in [-0.2, 0) is 6.54 Å². The molecule has 0 N–H and O–H groups in total. The number of furan rings is 1. The Labute approximate surface area is 119 Å². The molecule has 6 nitrogen and oxygen atoms in total. The maximum Gasteiger partial charge on any atom is 0.282 e. The summed E-state index contributed by atoms with van der Waals surface area (Å²) in [6.45, 7) is 1.97. The van der Waals surface area contributed by atoms with E-state index < -0.39 is 22.3 Å². The van der Waals surface area contributed by atoms with E-state index in [1.807, 2.05) is 0 Å². The van der Waals surface area contributed by atoms with Crippen LogP contribution in [-0.4, -0.2) is 22.8 Å². The summed E-state index contributed by atoms with van der Waals surface area (Å²) in [5.74, 6) is -0.665. The van der Waals surface area contributed by atoms with Gasteiger partial charge in [0, 0.05) is 25.2 Å². The molecule has 0 aliphatic heterocycles. The number of nitrogens with zero attached hydrogens (tertiary/aromatic N) is 2. The van der Waals surface area contributed by atoms with Gasteiger partial charge < -0.3 is 9.32 Å². The molecule has 0 aliphatic carbocycles. The lowest BCUT2D eigenvalue weighted by Crippen LogP contribution is -2.27. The molecule has 1 aromatic carbocycles. The third-order valence-electron chi connectivity index (χ3n) is 3.11. The van der Waals surface area contributed by atoms with Crippen molar-refractivity contribution in [3.05, 3.63) is 63.3 Å². The number of hydrogen-bond donors (Lipinski definition) is 0. The van der Waals surface area contributed by atoms with E-state index in [2.05, 4.69) is 0 Å². The van der Waals surface area contributed by atoms with Crippen molar-refractivity contribution in [2.24, 2.45) is 0 Å². The van der Waals surface area contributed by atoms with Gasteiger partial charge in [0.15, 0.2) is 0 Å². The Morgan fingerprint density at radius 3 is 2.71 bits per heavy atom. The normalized spacial score (nSPS) is 10.4. The Morgan fingerprint density at radius 1 is 1.43 bits per heavy atom. The van der Waals surface area contributed by atoms with E-state index in [4.69, 9.17) is 4.42 Å². The average Bonchev–Trinajstić information content (AvgIpc) is 2.83. The van der Waals surface area contributed by atoms with E-state index in [0.717, 1.165) is 23.8 Å². The lowest BCUT2D eigenvalue weighted by Gasteiger charge is -2.16. The van der Waals surface area contributed by atoms with Gasteiger partial charge in [0.05, 0.1) is 11.2 Å². The number of hydrogen-bond acceptors (Lipinski definition) is 4. The van der Waals surface area contributed by atoms with Gasteiger partial charge in [-0.3, -0.25) is 14.9 Å². The van der Waals surface area contributed by atoms with Crippen LogP contribution in [0.25, 0.3) is 0 Å². The largest absolute Gasteiger partial charge is 0.469 e. The molecule has 0 radical (unpaired) electrons. The van der Waals surface area contributed by atoms with Crippen LogP contribution in [0.2, 0.25) is 0 Å². The van der Waals surface area contributed by atoms with Gasteiger partial charge in [-0.25, -0.2) is 4.39 Å². The van der Waals surface area contributed by atoms with E-state index in [1.54, 1.807) is 13.0 Å². The van der Waals surface area contributed by atoms with Crippen LogP contribution in [0.4, 0.5) is 10.1 Å². The number of halogens is 1. The zero-order valence-corrected chi connectivity index (χ0v) is 11.5. The average molecular weight is 292 g/mol. The molecule has 0 unspecified atom stereocenters. The minimum atomic E-state index is -0.705. The Hall–Kier alpha value is -2.70. The number of rotatable bonds is 4. The molecule has 2 rings (SSSR count). The smallest absolute Gasteiger partial charge is 0.282 e. The van der Waals surface area contributed by atoms with Crippen LogP contribution < -0.4 is 0 Å². The van der Waals surface area contributed by atoms with E-state index in [9.17, 15) is 19.3 Å². The first-order chi connectivity index (χ1) is 9.90. The van der Waals surface area contributed by atoms with Crippen molar-refractivity contribution in [2.45, 2.75) is 13.5 Å². The fraction of sp³-hybridized carbons (Fsp3) is 0.214. The molecule has 110 valence electrons. The molecule has 0 bridgehead atoms. The number of aryl methyl sites for hydroxylation is 1. The zero-order valence-electron chi connectivity index (χ0n) is 11.5. The molecule has 0 atom stereocenters. The fourth-order valence-electron chi connectivity index (χ4n) is 1.95. The summed E-state index contributed by atoms with van der Waals surface area (Å²) in [4.78, 5) is 23.8. The van der Waals surface area contributed by atoms with Crippen molar-refractivity contribution in [2.75, 3.05) is 7.05 Å². The molecule has 0 saturated heterocycles. The van der Waals surface area contributed by atoms with Gasteiger partial charge >= 0.3 is 0 Å². The van der Waals surface area contributed by atoms with Crippen LogP contribution in [0, 0.1) is 22.9 Å². The van der Waals surface area contributed by atoms with Gasteiger partial charge in [0.2, 0.25) is 0 Å². The van der Waals surface area contributed by atoms with E-state index in [0.29, 0.717) is 5.76 Å². The third-order valence-corrected chi connectivity index (χ3v) is 3.11. The maximum atomic E-state index is 13.3. The SMILES string of the molecule is Cc1occc1CN(C)C(=O)c1cc(F)ccc1[N+](=O)[O-]. The molecule has 1 amide bonds. The highest BCUT2D eigenvalue weighted by Crippen LogP contribution is 2.22. The minimum Gasteiger partial charge on any atom is -0.469 e. The van der Waals surface area contributed by atoms with Crippen molar-refractivity contribution in [1.82, 2.24) is 4.90 Å². The van der Waals surface area contributed by atoms with Crippen LogP contribution >= 0.6 is 0 Å². The van der Waals surface area contributed by atoms with Gasteiger partial charge in [-0.15, -0.1) is 0 Å². The first kappa shape index (κ1) is 14.7. The van der Waals surface area contributed by atoms with Gasteiger partial charge in [-0.05, 0) is 25.1 Å². The predicted octanol–water partition coefficient (Wildman–Crippen LogP) is 2.91. The van der Waals surface area contributed by atoms with E-state index >= 15 is 0 Å². The van der Waals surface area contributed by atoms with Crippen molar-refractivity contribution in [3.8, 4) is 0 Å². The number of amides is 1. The van der Waals surface area contributed by atoms with Gasteiger partial charge in [0.1, 0.15) is 17.1 Å². The van der Waals surface area contributed by atoms with Crippen molar-refractivity contribution in [1.29, 1.82) is 0 Å². The molecule has 1 aromatic heterocycles.